The highest BCUT2D eigenvalue weighted by atomic mass is 79.9. The fourth-order valence-corrected chi connectivity index (χ4v) is 1.60. The highest BCUT2D eigenvalue weighted by Gasteiger charge is 2.13. The van der Waals surface area contributed by atoms with Gasteiger partial charge >= 0.3 is 0 Å². The number of hydrogen-bond donors (Lipinski definition) is 1. The van der Waals surface area contributed by atoms with Crippen LogP contribution in [0.1, 0.15) is 31.4 Å². The molecule has 14 heavy (non-hydrogen) atoms. The van der Waals surface area contributed by atoms with Gasteiger partial charge in [-0.25, -0.2) is 8.78 Å². The first-order valence-electron chi connectivity index (χ1n) is 4.46. The summed E-state index contributed by atoms with van der Waals surface area (Å²) in [6, 6.07) is 1.84. The van der Waals surface area contributed by atoms with Crippen LogP contribution in [0.25, 0.3) is 0 Å². The Morgan fingerprint density at radius 2 is 2.00 bits per heavy atom. The lowest BCUT2D eigenvalue weighted by atomic mass is 10.0. The summed E-state index contributed by atoms with van der Waals surface area (Å²) < 4.78 is 26.5. The Bertz CT molecular complexity index is 328. The first kappa shape index (κ1) is 11.6. The van der Waals surface area contributed by atoms with Gasteiger partial charge in [-0.2, -0.15) is 0 Å². The molecule has 1 aromatic rings. The number of hydrogen-bond acceptors (Lipinski definition) is 1. The van der Waals surface area contributed by atoms with Gasteiger partial charge in [0, 0.05) is 11.6 Å². The van der Waals surface area contributed by atoms with E-state index in [9.17, 15) is 8.78 Å². The molecule has 1 unspecified atom stereocenters. The van der Waals surface area contributed by atoms with Gasteiger partial charge in [0.1, 0.15) is 11.6 Å². The molecule has 1 rings (SSSR count). The quantitative estimate of drug-likeness (QED) is 0.830. The van der Waals surface area contributed by atoms with Gasteiger partial charge in [-0.05, 0) is 34.5 Å². The topological polar surface area (TPSA) is 26.0 Å². The van der Waals surface area contributed by atoms with E-state index < -0.39 is 17.7 Å². The molecule has 0 spiro atoms. The van der Waals surface area contributed by atoms with E-state index >= 15 is 0 Å². The van der Waals surface area contributed by atoms with Crippen molar-refractivity contribution in [3.63, 3.8) is 0 Å². The minimum Gasteiger partial charge on any atom is -0.324 e. The van der Waals surface area contributed by atoms with Crippen LogP contribution in [0.3, 0.4) is 0 Å². The Morgan fingerprint density at radius 3 is 2.57 bits per heavy atom. The second-order valence-corrected chi connectivity index (χ2v) is 4.04. The van der Waals surface area contributed by atoms with Crippen molar-refractivity contribution in [1.29, 1.82) is 0 Å². The molecule has 0 aliphatic heterocycles. The average Bonchev–Trinajstić information content (AvgIpc) is 2.11. The number of nitrogens with two attached hydrogens (primary N) is 1. The van der Waals surface area contributed by atoms with E-state index in [0.29, 0.717) is 6.42 Å². The van der Waals surface area contributed by atoms with Gasteiger partial charge in [-0.15, -0.1) is 0 Å². The van der Waals surface area contributed by atoms with Crippen molar-refractivity contribution in [1.82, 2.24) is 0 Å². The second-order valence-electron chi connectivity index (χ2n) is 3.18. The van der Waals surface area contributed by atoms with Gasteiger partial charge < -0.3 is 5.73 Å². The zero-order valence-electron chi connectivity index (χ0n) is 7.86. The molecule has 0 radical (unpaired) electrons. The van der Waals surface area contributed by atoms with E-state index in [0.717, 1.165) is 18.6 Å². The smallest absolute Gasteiger partial charge is 0.137 e. The maximum Gasteiger partial charge on any atom is 0.137 e. The third-order valence-corrected chi connectivity index (χ3v) is 2.65. The van der Waals surface area contributed by atoms with Gasteiger partial charge in [-0.1, -0.05) is 13.3 Å². The molecular formula is C10H12BrF2N. The number of rotatable bonds is 3. The van der Waals surface area contributed by atoms with Crippen LogP contribution in [0.4, 0.5) is 8.78 Å². The van der Waals surface area contributed by atoms with Crippen molar-refractivity contribution in [3.8, 4) is 0 Å². The summed E-state index contributed by atoms with van der Waals surface area (Å²) in [6.45, 7) is 1.95. The van der Waals surface area contributed by atoms with Crippen molar-refractivity contribution in [2.75, 3.05) is 0 Å². The monoisotopic (exact) mass is 263 g/mol. The molecule has 78 valence electrons. The molecule has 0 heterocycles. The summed E-state index contributed by atoms with van der Waals surface area (Å²) in [5.41, 5.74) is 5.95. The summed E-state index contributed by atoms with van der Waals surface area (Å²) in [5.74, 6) is -0.938. The third-order valence-electron chi connectivity index (χ3n) is 2.04. The molecule has 1 nitrogen and oxygen atoms in total. The lowest BCUT2D eigenvalue weighted by Gasteiger charge is -2.12. The molecular weight excluding hydrogens is 252 g/mol. The minimum absolute atomic E-state index is 0.127. The van der Waals surface area contributed by atoms with E-state index in [1.54, 1.807) is 0 Å². The molecule has 4 heteroatoms. The van der Waals surface area contributed by atoms with Crippen molar-refractivity contribution >= 4 is 15.9 Å². The standard InChI is InChI=1S/C10H12BrF2N/c1-2-3-10(14)6-4-9(13)7(11)5-8(6)12/h4-5,10H,2-3,14H2,1H3. The van der Waals surface area contributed by atoms with Gasteiger partial charge in [0.05, 0.1) is 4.47 Å². The largest absolute Gasteiger partial charge is 0.324 e. The maximum atomic E-state index is 13.3. The van der Waals surface area contributed by atoms with Crippen molar-refractivity contribution in [2.24, 2.45) is 5.73 Å². The van der Waals surface area contributed by atoms with Gasteiger partial charge in [0.15, 0.2) is 0 Å². The number of halogens is 3. The average molecular weight is 264 g/mol. The molecule has 2 N–H and O–H groups in total. The summed E-state index contributed by atoms with van der Waals surface area (Å²) in [4.78, 5) is 0. The highest BCUT2D eigenvalue weighted by molar-refractivity contribution is 9.10. The highest BCUT2D eigenvalue weighted by Crippen LogP contribution is 2.25. The molecule has 0 bridgehead atoms. The summed E-state index contributed by atoms with van der Waals surface area (Å²) in [7, 11) is 0. The zero-order chi connectivity index (χ0) is 10.7. The Kier molecular flexibility index (Phi) is 4.01. The second kappa shape index (κ2) is 4.84. The predicted octanol–water partition coefficient (Wildman–Crippen LogP) is 3.53. The molecule has 0 saturated carbocycles. The lowest BCUT2D eigenvalue weighted by molar-refractivity contribution is 0.542. The van der Waals surface area contributed by atoms with Crippen LogP contribution in [-0.4, -0.2) is 0 Å². The van der Waals surface area contributed by atoms with Crippen LogP contribution in [-0.2, 0) is 0 Å². The van der Waals surface area contributed by atoms with Gasteiger partial charge in [0.2, 0.25) is 0 Å². The molecule has 0 aliphatic rings. The molecule has 0 saturated heterocycles. The number of benzene rings is 1. The fourth-order valence-electron chi connectivity index (χ4n) is 1.29. The fraction of sp³-hybridized carbons (Fsp3) is 0.400. The van der Waals surface area contributed by atoms with E-state index in [4.69, 9.17) is 5.73 Å². The normalized spacial score (nSPS) is 12.9. The summed E-state index contributed by atoms with van der Waals surface area (Å²) in [5, 5.41) is 0. The molecule has 0 fully saturated rings. The third kappa shape index (κ3) is 2.51. The van der Waals surface area contributed by atoms with E-state index in [1.807, 2.05) is 6.92 Å². The Hall–Kier alpha value is -0.480. The first-order chi connectivity index (χ1) is 6.56. The lowest BCUT2D eigenvalue weighted by Crippen LogP contribution is -2.12. The van der Waals surface area contributed by atoms with Crippen LogP contribution < -0.4 is 5.73 Å². The zero-order valence-corrected chi connectivity index (χ0v) is 9.44. The molecule has 0 amide bonds. The summed E-state index contributed by atoms with van der Waals surface area (Å²) >= 11 is 2.91. The van der Waals surface area contributed by atoms with Crippen molar-refractivity contribution < 1.29 is 8.78 Å². The summed E-state index contributed by atoms with van der Waals surface area (Å²) in [6.07, 6.45) is 1.50. The Labute approximate surface area is 90.4 Å². The van der Waals surface area contributed by atoms with Crippen LogP contribution >= 0.6 is 15.9 Å². The Balaban J connectivity index is 3.02. The molecule has 1 aromatic carbocycles. The van der Waals surface area contributed by atoms with Crippen LogP contribution in [0.15, 0.2) is 16.6 Å². The van der Waals surface area contributed by atoms with Gasteiger partial charge in [-0.3, -0.25) is 0 Å². The van der Waals surface area contributed by atoms with Gasteiger partial charge in [0.25, 0.3) is 0 Å². The maximum absolute atomic E-state index is 13.3. The SMILES string of the molecule is CCCC(N)c1cc(F)c(Br)cc1F. The predicted molar refractivity (Wildman–Crippen MR) is 55.9 cm³/mol. The van der Waals surface area contributed by atoms with Crippen LogP contribution in [0.2, 0.25) is 0 Å². The molecule has 0 aromatic heterocycles. The Morgan fingerprint density at radius 1 is 1.36 bits per heavy atom. The van der Waals surface area contributed by atoms with E-state index in [1.165, 1.54) is 0 Å². The van der Waals surface area contributed by atoms with E-state index in [2.05, 4.69) is 15.9 Å². The van der Waals surface area contributed by atoms with Crippen molar-refractivity contribution in [3.05, 3.63) is 33.8 Å². The molecule has 1 atom stereocenters. The van der Waals surface area contributed by atoms with Crippen LogP contribution in [0, 0.1) is 11.6 Å². The van der Waals surface area contributed by atoms with Crippen molar-refractivity contribution in [2.45, 2.75) is 25.8 Å². The first-order valence-corrected chi connectivity index (χ1v) is 5.25. The van der Waals surface area contributed by atoms with Crippen LogP contribution in [0.5, 0.6) is 0 Å². The molecule has 0 aliphatic carbocycles. The van der Waals surface area contributed by atoms with E-state index in [-0.39, 0.29) is 10.0 Å². The minimum atomic E-state index is -0.479.